The number of nitrogens with zero attached hydrogens (tertiary/aromatic N) is 1. The second-order valence-corrected chi connectivity index (χ2v) is 6.50. The zero-order chi connectivity index (χ0) is 14.2. The molecule has 2 aromatic carbocycles. The zero-order valence-electron chi connectivity index (χ0n) is 12.3. The van der Waals surface area contributed by atoms with Crippen molar-refractivity contribution in [2.75, 3.05) is 12.3 Å². The van der Waals surface area contributed by atoms with Gasteiger partial charge < -0.3 is 5.73 Å². The topological polar surface area (TPSA) is 29.3 Å². The molecule has 1 atom stereocenters. The van der Waals surface area contributed by atoms with Crippen molar-refractivity contribution in [1.82, 2.24) is 4.90 Å². The fourth-order valence-corrected chi connectivity index (χ4v) is 3.45. The Morgan fingerprint density at radius 3 is 2.48 bits per heavy atom. The van der Waals surface area contributed by atoms with Crippen molar-refractivity contribution >= 4 is 5.69 Å². The Hall–Kier alpha value is -1.80. The summed E-state index contributed by atoms with van der Waals surface area (Å²) in [5, 5.41) is 0. The number of nitrogen functional groups attached to an aromatic ring is 1. The Labute approximate surface area is 126 Å². The van der Waals surface area contributed by atoms with Gasteiger partial charge in [-0.1, -0.05) is 36.4 Å². The van der Waals surface area contributed by atoms with Crippen LogP contribution in [0, 0.1) is 0 Å². The van der Waals surface area contributed by atoms with E-state index in [0.29, 0.717) is 0 Å². The Bertz CT molecular complexity index is 628. The van der Waals surface area contributed by atoms with Gasteiger partial charge in [0.2, 0.25) is 0 Å². The quantitative estimate of drug-likeness (QED) is 0.847. The average Bonchev–Trinajstić information content (AvgIpc) is 3.30. The lowest BCUT2D eigenvalue weighted by atomic mass is 9.77. The van der Waals surface area contributed by atoms with Crippen LogP contribution >= 0.6 is 0 Å². The molecule has 0 bridgehead atoms. The highest BCUT2D eigenvalue weighted by Gasteiger charge is 2.34. The maximum absolute atomic E-state index is 5.78. The number of hydrogen-bond donors (Lipinski definition) is 1. The summed E-state index contributed by atoms with van der Waals surface area (Å²) in [5.41, 5.74) is 11.1. The van der Waals surface area contributed by atoms with Crippen molar-refractivity contribution in [1.29, 1.82) is 0 Å². The minimum absolute atomic E-state index is 0.732. The van der Waals surface area contributed by atoms with E-state index in [9.17, 15) is 0 Å². The van der Waals surface area contributed by atoms with Gasteiger partial charge in [0.1, 0.15) is 0 Å². The third-order valence-corrected chi connectivity index (χ3v) is 4.84. The third-order valence-electron chi connectivity index (χ3n) is 4.84. The number of benzene rings is 2. The van der Waals surface area contributed by atoms with E-state index < -0.39 is 0 Å². The van der Waals surface area contributed by atoms with Crippen LogP contribution in [0.2, 0.25) is 0 Å². The molecule has 2 heteroatoms. The summed E-state index contributed by atoms with van der Waals surface area (Å²) >= 11 is 0. The molecule has 2 nitrogen and oxygen atoms in total. The van der Waals surface area contributed by atoms with E-state index in [1.54, 1.807) is 11.1 Å². The SMILES string of the molecule is Nc1ccc(CN(CC2Cc3ccccc32)C2CC2)cc1. The van der Waals surface area contributed by atoms with Gasteiger partial charge >= 0.3 is 0 Å². The molecule has 108 valence electrons. The predicted octanol–water partition coefficient (Wildman–Crippen LogP) is 3.57. The van der Waals surface area contributed by atoms with Crippen molar-refractivity contribution in [3.63, 3.8) is 0 Å². The van der Waals surface area contributed by atoms with Gasteiger partial charge in [0, 0.05) is 30.7 Å². The van der Waals surface area contributed by atoms with Crippen molar-refractivity contribution < 1.29 is 0 Å². The van der Waals surface area contributed by atoms with Crippen LogP contribution in [0.5, 0.6) is 0 Å². The Balaban J connectivity index is 1.45. The van der Waals surface area contributed by atoms with Crippen molar-refractivity contribution in [3.8, 4) is 0 Å². The lowest BCUT2D eigenvalue weighted by Crippen LogP contribution is -2.34. The molecular weight excluding hydrogens is 256 g/mol. The van der Waals surface area contributed by atoms with E-state index in [1.807, 2.05) is 12.1 Å². The average molecular weight is 278 g/mol. The number of hydrogen-bond acceptors (Lipinski definition) is 2. The van der Waals surface area contributed by atoms with Crippen LogP contribution in [0.15, 0.2) is 48.5 Å². The molecule has 0 aliphatic heterocycles. The van der Waals surface area contributed by atoms with E-state index in [4.69, 9.17) is 5.73 Å². The molecule has 1 unspecified atom stereocenters. The Morgan fingerprint density at radius 2 is 1.76 bits per heavy atom. The van der Waals surface area contributed by atoms with Gasteiger partial charge in [0.15, 0.2) is 0 Å². The van der Waals surface area contributed by atoms with Crippen LogP contribution in [0.3, 0.4) is 0 Å². The monoisotopic (exact) mass is 278 g/mol. The normalized spacial score (nSPS) is 20.1. The molecule has 0 spiro atoms. The number of fused-ring (bicyclic) bond motifs is 1. The molecule has 2 aromatic rings. The molecule has 1 fully saturated rings. The molecule has 0 aromatic heterocycles. The fourth-order valence-electron chi connectivity index (χ4n) is 3.45. The smallest absolute Gasteiger partial charge is 0.0314 e. The van der Waals surface area contributed by atoms with Crippen LogP contribution in [0.4, 0.5) is 5.69 Å². The molecule has 1 saturated carbocycles. The largest absolute Gasteiger partial charge is 0.399 e. The first-order valence-corrected chi connectivity index (χ1v) is 7.96. The molecule has 2 N–H and O–H groups in total. The molecule has 0 radical (unpaired) electrons. The Kier molecular flexibility index (Phi) is 3.19. The van der Waals surface area contributed by atoms with Crippen molar-refractivity contribution in [2.45, 2.75) is 37.8 Å². The highest BCUT2D eigenvalue weighted by Crippen LogP contribution is 2.38. The van der Waals surface area contributed by atoms with Crippen LogP contribution < -0.4 is 5.73 Å². The van der Waals surface area contributed by atoms with Gasteiger partial charge in [-0.15, -0.1) is 0 Å². The lowest BCUT2D eigenvalue weighted by Gasteiger charge is -2.35. The number of nitrogens with two attached hydrogens (primary N) is 1. The summed E-state index contributed by atoms with van der Waals surface area (Å²) in [4.78, 5) is 2.67. The lowest BCUT2D eigenvalue weighted by molar-refractivity contribution is 0.229. The standard InChI is InChI=1S/C19H22N2/c20-17-7-5-14(6-8-17)12-21(18-9-10-18)13-16-11-15-3-1-2-4-19(15)16/h1-8,16,18H,9-13,20H2. The molecule has 0 amide bonds. The maximum Gasteiger partial charge on any atom is 0.0314 e. The predicted molar refractivity (Wildman–Crippen MR) is 87.2 cm³/mol. The van der Waals surface area contributed by atoms with E-state index in [2.05, 4.69) is 41.3 Å². The molecule has 2 aliphatic rings. The number of rotatable bonds is 5. The van der Waals surface area contributed by atoms with Crippen LogP contribution in [0.1, 0.15) is 35.4 Å². The Morgan fingerprint density at radius 1 is 1.00 bits per heavy atom. The summed E-state index contributed by atoms with van der Waals surface area (Å²) in [7, 11) is 0. The first-order valence-electron chi connectivity index (χ1n) is 7.96. The first kappa shape index (κ1) is 12.9. The van der Waals surface area contributed by atoms with Gasteiger partial charge in [-0.3, -0.25) is 4.90 Å². The summed E-state index contributed by atoms with van der Waals surface area (Å²) in [5.74, 6) is 0.732. The van der Waals surface area contributed by atoms with Crippen molar-refractivity contribution in [2.24, 2.45) is 0 Å². The van der Waals surface area contributed by atoms with Gasteiger partial charge in [0.25, 0.3) is 0 Å². The summed E-state index contributed by atoms with van der Waals surface area (Å²) in [6.07, 6.45) is 3.98. The van der Waals surface area contributed by atoms with Gasteiger partial charge in [-0.25, -0.2) is 0 Å². The third kappa shape index (κ3) is 2.68. The summed E-state index contributed by atoms with van der Waals surface area (Å²) in [6.45, 7) is 2.26. The van der Waals surface area contributed by atoms with Crippen LogP contribution in [0.25, 0.3) is 0 Å². The maximum atomic E-state index is 5.78. The minimum Gasteiger partial charge on any atom is -0.399 e. The summed E-state index contributed by atoms with van der Waals surface area (Å²) in [6, 6.07) is 18.1. The van der Waals surface area contributed by atoms with Gasteiger partial charge in [-0.05, 0) is 48.1 Å². The van der Waals surface area contributed by atoms with Crippen LogP contribution in [-0.2, 0) is 13.0 Å². The van der Waals surface area contributed by atoms with Gasteiger partial charge in [0.05, 0.1) is 0 Å². The molecular formula is C19H22N2. The zero-order valence-corrected chi connectivity index (χ0v) is 12.3. The highest BCUT2D eigenvalue weighted by atomic mass is 15.2. The minimum atomic E-state index is 0.732. The molecule has 0 heterocycles. The molecule has 0 saturated heterocycles. The van der Waals surface area contributed by atoms with Gasteiger partial charge in [-0.2, -0.15) is 0 Å². The molecule has 21 heavy (non-hydrogen) atoms. The highest BCUT2D eigenvalue weighted by molar-refractivity contribution is 5.41. The second kappa shape index (κ2) is 5.19. The molecule has 4 rings (SSSR count). The van der Waals surface area contributed by atoms with Crippen molar-refractivity contribution in [3.05, 3.63) is 65.2 Å². The fraction of sp³-hybridized carbons (Fsp3) is 0.368. The molecule has 2 aliphatic carbocycles. The first-order chi connectivity index (χ1) is 10.3. The van der Waals surface area contributed by atoms with E-state index >= 15 is 0 Å². The summed E-state index contributed by atoms with van der Waals surface area (Å²) < 4.78 is 0. The second-order valence-electron chi connectivity index (χ2n) is 6.50. The van der Waals surface area contributed by atoms with E-state index in [0.717, 1.165) is 24.2 Å². The van der Waals surface area contributed by atoms with Crippen LogP contribution in [-0.4, -0.2) is 17.5 Å². The van der Waals surface area contributed by atoms with E-state index in [-0.39, 0.29) is 0 Å². The number of anilines is 1. The van der Waals surface area contributed by atoms with E-state index in [1.165, 1.54) is 31.4 Å².